The van der Waals surface area contributed by atoms with Gasteiger partial charge in [-0.2, -0.15) is 0 Å². The third kappa shape index (κ3) is 5.67. The molecule has 1 N–H and O–H groups in total. The minimum absolute atomic E-state index is 0.108. The predicted octanol–water partition coefficient (Wildman–Crippen LogP) is 4.82. The molecular formula is C14H26F2O2S. The highest BCUT2D eigenvalue weighted by Crippen LogP contribution is 2.42. The van der Waals surface area contributed by atoms with Gasteiger partial charge in [-0.05, 0) is 30.9 Å². The zero-order valence-electron chi connectivity index (χ0n) is 12.6. The van der Waals surface area contributed by atoms with Gasteiger partial charge in [-0.1, -0.05) is 27.7 Å². The standard InChI is InChI=1S/C14H26F2O2S/c1-6-14(15,16)9-7-8-10-19-13(5,11(17)18)12(2,3)4/h6-10H2,1-5H3,(H,17,18). The van der Waals surface area contributed by atoms with Gasteiger partial charge >= 0.3 is 5.97 Å². The van der Waals surface area contributed by atoms with Crippen LogP contribution in [0.1, 0.15) is 60.3 Å². The second-order valence-electron chi connectivity index (χ2n) is 6.10. The molecule has 0 fully saturated rings. The molecule has 0 heterocycles. The second kappa shape index (κ2) is 6.91. The van der Waals surface area contributed by atoms with Gasteiger partial charge in [0.2, 0.25) is 5.92 Å². The lowest BCUT2D eigenvalue weighted by Crippen LogP contribution is -2.44. The van der Waals surface area contributed by atoms with Crippen LogP contribution in [0.25, 0.3) is 0 Å². The lowest BCUT2D eigenvalue weighted by Gasteiger charge is -2.37. The van der Waals surface area contributed by atoms with Crippen LogP contribution in [0, 0.1) is 5.41 Å². The first-order valence-corrected chi connectivity index (χ1v) is 7.70. The van der Waals surface area contributed by atoms with Gasteiger partial charge in [0.05, 0.1) is 0 Å². The molecule has 0 aromatic heterocycles. The summed E-state index contributed by atoms with van der Waals surface area (Å²) in [5.41, 5.74) is -0.378. The van der Waals surface area contributed by atoms with E-state index in [2.05, 4.69) is 0 Å². The predicted molar refractivity (Wildman–Crippen MR) is 77.0 cm³/mol. The van der Waals surface area contributed by atoms with Crippen LogP contribution < -0.4 is 0 Å². The Balaban J connectivity index is 4.21. The molecule has 1 atom stereocenters. The normalized spacial score (nSPS) is 16.2. The van der Waals surface area contributed by atoms with Gasteiger partial charge in [-0.3, -0.25) is 4.79 Å². The average Bonchev–Trinajstić information content (AvgIpc) is 2.26. The molecule has 0 aliphatic heterocycles. The van der Waals surface area contributed by atoms with Crippen LogP contribution in [0.5, 0.6) is 0 Å². The number of unbranched alkanes of at least 4 members (excludes halogenated alkanes) is 1. The molecule has 0 aromatic carbocycles. The smallest absolute Gasteiger partial charge is 0.320 e. The van der Waals surface area contributed by atoms with E-state index in [9.17, 15) is 18.7 Å². The molecule has 2 nitrogen and oxygen atoms in total. The number of thioether (sulfide) groups is 1. The van der Waals surface area contributed by atoms with Crippen LogP contribution in [0.15, 0.2) is 0 Å². The molecule has 1 unspecified atom stereocenters. The topological polar surface area (TPSA) is 37.3 Å². The van der Waals surface area contributed by atoms with E-state index in [0.717, 1.165) is 0 Å². The molecule has 0 aromatic rings. The summed E-state index contributed by atoms with van der Waals surface area (Å²) in [6, 6.07) is 0. The van der Waals surface area contributed by atoms with Crippen molar-refractivity contribution in [1.29, 1.82) is 0 Å². The first-order chi connectivity index (χ1) is 8.46. The molecule has 19 heavy (non-hydrogen) atoms. The summed E-state index contributed by atoms with van der Waals surface area (Å²) in [5, 5.41) is 9.35. The first-order valence-electron chi connectivity index (χ1n) is 6.71. The zero-order valence-corrected chi connectivity index (χ0v) is 13.4. The number of hydrogen-bond acceptors (Lipinski definition) is 2. The highest BCUT2D eigenvalue weighted by Gasteiger charge is 2.44. The number of carbonyl (C=O) groups is 1. The minimum Gasteiger partial charge on any atom is -0.480 e. The molecule has 0 spiro atoms. The van der Waals surface area contributed by atoms with Gasteiger partial charge in [0.15, 0.2) is 0 Å². The van der Waals surface area contributed by atoms with Crippen LogP contribution >= 0.6 is 11.8 Å². The van der Waals surface area contributed by atoms with E-state index in [0.29, 0.717) is 18.6 Å². The van der Waals surface area contributed by atoms with Crippen molar-refractivity contribution < 1.29 is 18.7 Å². The average molecular weight is 296 g/mol. The number of carboxylic acid groups (broad SMARTS) is 1. The summed E-state index contributed by atoms with van der Waals surface area (Å²) in [4.78, 5) is 11.4. The van der Waals surface area contributed by atoms with Crippen LogP contribution in [0.2, 0.25) is 0 Å². The van der Waals surface area contributed by atoms with E-state index in [1.807, 2.05) is 20.8 Å². The van der Waals surface area contributed by atoms with E-state index >= 15 is 0 Å². The lowest BCUT2D eigenvalue weighted by atomic mass is 9.81. The van der Waals surface area contributed by atoms with E-state index in [1.54, 1.807) is 6.92 Å². The summed E-state index contributed by atoms with van der Waals surface area (Å²) < 4.78 is 25.2. The number of carboxylic acids is 1. The molecule has 114 valence electrons. The molecule has 5 heteroatoms. The summed E-state index contributed by atoms with van der Waals surface area (Å²) in [6.45, 7) is 8.86. The fourth-order valence-corrected chi connectivity index (χ4v) is 2.85. The summed E-state index contributed by atoms with van der Waals surface area (Å²) in [7, 11) is 0. The zero-order chi connectivity index (χ0) is 15.3. The Bertz CT molecular complexity index is 300. The van der Waals surface area contributed by atoms with E-state index in [4.69, 9.17) is 0 Å². The van der Waals surface area contributed by atoms with Gasteiger partial charge < -0.3 is 5.11 Å². The van der Waals surface area contributed by atoms with Crippen molar-refractivity contribution in [3.05, 3.63) is 0 Å². The largest absolute Gasteiger partial charge is 0.480 e. The Labute approximate surface area is 119 Å². The highest BCUT2D eigenvalue weighted by atomic mass is 32.2. The third-order valence-corrected chi connectivity index (χ3v) is 5.54. The molecule has 0 saturated carbocycles. The number of alkyl halides is 2. The lowest BCUT2D eigenvalue weighted by molar-refractivity contribution is -0.142. The Morgan fingerprint density at radius 2 is 1.68 bits per heavy atom. The second-order valence-corrected chi connectivity index (χ2v) is 7.62. The molecule has 0 aliphatic rings. The molecule has 0 rings (SSSR count). The summed E-state index contributed by atoms with van der Waals surface area (Å²) >= 11 is 1.35. The van der Waals surface area contributed by atoms with Crippen molar-refractivity contribution in [2.45, 2.75) is 71.0 Å². The van der Waals surface area contributed by atoms with Crippen molar-refractivity contribution in [3.8, 4) is 0 Å². The summed E-state index contributed by atoms with van der Waals surface area (Å²) in [6.07, 6.45) is 0.825. The fourth-order valence-electron chi connectivity index (χ4n) is 1.54. The fraction of sp³-hybridized carbons (Fsp3) is 0.929. The maximum absolute atomic E-state index is 13.0. The Kier molecular flexibility index (Phi) is 6.79. The molecular weight excluding hydrogens is 270 g/mol. The SMILES string of the molecule is CCC(F)(F)CCCCSC(C)(C(=O)O)C(C)(C)C. The Hall–Kier alpha value is -0.320. The van der Waals surface area contributed by atoms with Crippen LogP contribution in [-0.2, 0) is 4.79 Å². The van der Waals surface area contributed by atoms with Gasteiger partial charge in [0.1, 0.15) is 4.75 Å². The third-order valence-electron chi connectivity index (χ3n) is 3.68. The van der Waals surface area contributed by atoms with E-state index in [1.165, 1.54) is 18.7 Å². The van der Waals surface area contributed by atoms with Gasteiger partial charge in [-0.25, -0.2) is 8.78 Å². The Morgan fingerprint density at radius 3 is 2.05 bits per heavy atom. The summed E-state index contributed by atoms with van der Waals surface area (Å²) in [5.74, 6) is -2.83. The van der Waals surface area contributed by atoms with Crippen molar-refractivity contribution in [2.75, 3.05) is 5.75 Å². The Morgan fingerprint density at radius 1 is 1.16 bits per heavy atom. The molecule has 0 aliphatic carbocycles. The highest BCUT2D eigenvalue weighted by molar-refractivity contribution is 8.01. The van der Waals surface area contributed by atoms with Crippen LogP contribution in [0.4, 0.5) is 8.78 Å². The van der Waals surface area contributed by atoms with E-state index in [-0.39, 0.29) is 18.3 Å². The maximum Gasteiger partial charge on any atom is 0.320 e. The maximum atomic E-state index is 13.0. The van der Waals surface area contributed by atoms with Crippen molar-refractivity contribution in [1.82, 2.24) is 0 Å². The van der Waals surface area contributed by atoms with Gasteiger partial charge in [-0.15, -0.1) is 11.8 Å². The first kappa shape index (κ1) is 18.7. The van der Waals surface area contributed by atoms with E-state index < -0.39 is 16.6 Å². The quantitative estimate of drug-likeness (QED) is 0.652. The van der Waals surface area contributed by atoms with Gasteiger partial charge in [0.25, 0.3) is 0 Å². The molecule has 0 bridgehead atoms. The van der Waals surface area contributed by atoms with Gasteiger partial charge in [0, 0.05) is 12.8 Å². The van der Waals surface area contributed by atoms with Crippen LogP contribution in [-0.4, -0.2) is 27.5 Å². The molecule has 0 amide bonds. The van der Waals surface area contributed by atoms with Crippen molar-refractivity contribution in [2.24, 2.45) is 5.41 Å². The monoisotopic (exact) mass is 296 g/mol. The molecule has 0 radical (unpaired) electrons. The number of rotatable bonds is 8. The number of aliphatic carboxylic acids is 1. The van der Waals surface area contributed by atoms with Crippen LogP contribution in [0.3, 0.4) is 0 Å². The minimum atomic E-state index is -2.58. The van der Waals surface area contributed by atoms with Crippen molar-refractivity contribution >= 4 is 17.7 Å². The number of halogens is 2. The molecule has 0 saturated heterocycles. The number of hydrogen-bond donors (Lipinski definition) is 1. The van der Waals surface area contributed by atoms with Crippen molar-refractivity contribution in [3.63, 3.8) is 0 Å².